The van der Waals surface area contributed by atoms with Gasteiger partial charge < -0.3 is 15.0 Å². The average molecular weight is 346 g/mol. The van der Waals surface area contributed by atoms with Crippen molar-refractivity contribution in [3.8, 4) is 0 Å². The lowest BCUT2D eigenvalue weighted by atomic mass is 9.88. The molecule has 0 unspecified atom stereocenters. The largest absolute Gasteiger partial charge is 0.376 e. The molecule has 1 saturated heterocycles. The molecule has 0 bridgehead atoms. The minimum atomic E-state index is 0.0179. The van der Waals surface area contributed by atoms with Gasteiger partial charge in [0.25, 0.3) is 0 Å². The standard InChI is InChI=1S/C19H30N4O2/c1-15-5-2-3-7-17(15)25-12-10-22-19(24)16-6-4-11-23(14-16)18-13-20-8-9-21-18/h8-9,13,15-17H,2-7,10-12,14H2,1H3,(H,22,24)/t15-,16+,17+/m1/s1. The second-order valence-corrected chi connectivity index (χ2v) is 7.31. The van der Waals surface area contributed by atoms with Gasteiger partial charge in [-0.15, -0.1) is 0 Å². The Kier molecular flexibility index (Phi) is 6.62. The number of ether oxygens (including phenoxy) is 1. The van der Waals surface area contributed by atoms with Crippen molar-refractivity contribution < 1.29 is 9.53 Å². The summed E-state index contributed by atoms with van der Waals surface area (Å²) in [5, 5.41) is 3.05. The van der Waals surface area contributed by atoms with E-state index in [1.165, 1.54) is 19.3 Å². The van der Waals surface area contributed by atoms with Gasteiger partial charge >= 0.3 is 0 Å². The molecular weight excluding hydrogens is 316 g/mol. The quantitative estimate of drug-likeness (QED) is 0.801. The Morgan fingerprint density at radius 3 is 2.96 bits per heavy atom. The Morgan fingerprint density at radius 1 is 1.28 bits per heavy atom. The van der Waals surface area contributed by atoms with Crippen molar-refractivity contribution >= 4 is 11.7 Å². The zero-order valence-electron chi connectivity index (χ0n) is 15.2. The van der Waals surface area contributed by atoms with Crippen LogP contribution in [0.4, 0.5) is 5.82 Å². The Balaban J connectivity index is 1.39. The zero-order valence-corrected chi connectivity index (χ0v) is 15.2. The Morgan fingerprint density at radius 2 is 2.16 bits per heavy atom. The van der Waals surface area contributed by atoms with E-state index in [9.17, 15) is 4.79 Å². The number of carbonyl (C=O) groups excluding carboxylic acids is 1. The number of aromatic nitrogens is 2. The van der Waals surface area contributed by atoms with Crippen molar-refractivity contribution in [1.29, 1.82) is 0 Å². The molecule has 1 aliphatic carbocycles. The number of hydrogen-bond donors (Lipinski definition) is 1. The molecule has 0 spiro atoms. The number of nitrogens with zero attached hydrogens (tertiary/aromatic N) is 3. The maximum Gasteiger partial charge on any atom is 0.224 e. The van der Waals surface area contributed by atoms with Crippen LogP contribution in [0.1, 0.15) is 45.4 Å². The summed E-state index contributed by atoms with van der Waals surface area (Å²) >= 11 is 0. The van der Waals surface area contributed by atoms with E-state index in [2.05, 4.69) is 27.1 Å². The predicted molar refractivity (Wildman–Crippen MR) is 97.4 cm³/mol. The fourth-order valence-electron chi connectivity index (χ4n) is 3.91. The highest BCUT2D eigenvalue weighted by atomic mass is 16.5. The third-order valence-corrected chi connectivity index (χ3v) is 5.43. The molecule has 0 aromatic carbocycles. The molecule has 1 aromatic rings. The van der Waals surface area contributed by atoms with Crippen LogP contribution in [0.15, 0.2) is 18.6 Å². The van der Waals surface area contributed by atoms with Crippen molar-refractivity contribution in [2.45, 2.75) is 51.6 Å². The fourth-order valence-corrected chi connectivity index (χ4v) is 3.91. The SMILES string of the molecule is C[C@@H]1CCCC[C@@H]1OCCNC(=O)[C@H]1CCCN(c2cnccn2)C1. The van der Waals surface area contributed by atoms with Crippen LogP contribution in [-0.2, 0) is 9.53 Å². The third kappa shape index (κ3) is 5.14. The van der Waals surface area contributed by atoms with Gasteiger partial charge in [0.05, 0.1) is 24.8 Å². The number of rotatable bonds is 6. The van der Waals surface area contributed by atoms with E-state index in [1.807, 2.05) is 0 Å². The van der Waals surface area contributed by atoms with Crippen molar-refractivity contribution in [3.63, 3.8) is 0 Å². The van der Waals surface area contributed by atoms with Gasteiger partial charge in [0, 0.05) is 32.0 Å². The molecule has 1 aromatic heterocycles. The molecule has 2 aliphatic rings. The molecule has 2 heterocycles. The van der Waals surface area contributed by atoms with Crippen molar-refractivity contribution in [2.75, 3.05) is 31.1 Å². The van der Waals surface area contributed by atoms with Gasteiger partial charge in [0.15, 0.2) is 0 Å². The van der Waals surface area contributed by atoms with Crippen LogP contribution >= 0.6 is 0 Å². The summed E-state index contributed by atoms with van der Waals surface area (Å²) in [6.45, 7) is 5.13. The highest BCUT2D eigenvalue weighted by Gasteiger charge is 2.26. The van der Waals surface area contributed by atoms with Gasteiger partial charge in [-0.05, 0) is 31.6 Å². The smallest absolute Gasteiger partial charge is 0.224 e. The van der Waals surface area contributed by atoms with E-state index in [0.717, 1.165) is 31.6 Å². The Hall–Kier alpha value is -1.69. The molecule has 0 radical (unpaired) electrons. The molecule has 6 heteroatoms. The molecule has 2 fully saturated rings. The van der Waals surface area contributed by atoms with E-state index in [0.29, 0.717) is 31.7 Å². The first kappa shape index (κ1) is 18.1. The molecule has 1 N–H and O–H groups in total. The fraction of sp³-hybridized carbons (Fsp3) is 0.737. The van der Waals surface area contributed by atoms with Crippen LogP contribution in [0.2, 0.25) is 0 Å². The molecule has 138 valence electrons. The van der Waals surface area contributed by atoms with E-state index in [1.54, 1.807) is 18.6 Å². The van der Waals surface area contributed by atoms with Crippen LogP contribution in [0.3, 0.4) is 0 Å². The number of carbonyl (C=O) groups is 1. The summed E-state index contributed by atoms with van der Waals surface area (Å²) < 4.78 is 5.98. The minimum Gasteiger partial charge on any atom is -0.376 e. The van der Waals surface area contributed by atoms with Crippen LogP contribution in [0.25, 0.3) is 0 Å². The van der Waals surface area contributed by atoms with E-state index >= 15 is 0 Å². The number of hydrogen-bond acceptors (Lipinski definition) is 5. The van der Waals surface area contributed by atoms with Gasteiger partial charge in [0.1, 0.15) is 5.82 Å². The second kappa shape index (κ2) is 9.13. The van der Waals surface area contributed by atoms with Crippen LogP contribution < -0.4 is 10.2 Å². The second-order valence-electron chi connectivity index (χ2n) is 7.31. The minimum absolute atomic E-state index is 0.0179. The highest BCUT2D eigenvalue weighted by molar-refractivity contribution is 5.79. The van der Waals surface area contributed by atoms with E-state index in [-0.39, 0.29) is 11.8 Å². The summed E-state index contributed by atoms with van der Waals surface area (Å²) in [5.41, 5.74) is 0. The number of piperidine rings is 1. The third-order valence-electron chi connectivity index (χ3n) is 5.43. The normalized spacial score (nSPS) is 27.1. The van der Waals surface area contributed by atoms with Gasteiger partial charge in [0.2, 0.25) is 5.91 Å². The number of amides is 1. The summed E-state index contributed by atoms with van der Waals surface area (Å²) in [6.07, 6.45) is 12.4. The first-order chi connectivity index (χ1) is 12.2. The lowest BCUT2D eigenvalue weighted by Gasteiger charge is -2.32. The average Bonchev–Trinajstić information content (AvgIpc) is 2.67. The summed E-state index contributed by atoms with van der Waals surface area (Å²) in [7, 11) is 0. The summed E-state index contributed by atoms with van der Waals surface area (Å²) in [6, 6.07) is 0. The maximum atomic E-state index is 12.5. The molecule has 1 saturated carbocycles. The Bertz CT molecular complexity index is 539. The first-order valence-corrected chi connectivity index (χ1v) is 9.64. The molecule has 3 rings (SSSR count). The predicted octanol–water partition coefficient (Wildman–Crippen LogP) is 2.40. The molecule has 1 amide bonds. The van der Waals surface area contributed by atoms with Crippen LogP contribution in [0, 0.1) is 11.8 Å². The molecule has 1 aliphatic heterocycles. The molecule has 3 atom stereocenters. The summed E-state index contributed by atoms with van der Waals surface area (Å²) in [4.78, 5) is 23.1. The van der Waals surface area contributed by atoms with Gasteiger partial charge in [-0.1, -0.05) is 19.8 Å². The van der Waals surface area contributed by atoms with Crippen LogP contribution in [0.5, 0.6) is 0 Å². The molecule has 25 heavy (non-hydrogen) atoms. The number of nitrogens with one attached hydrogen (secondary N) is 1. The van der Waals surface area contributed by atoms with Gasteiger partial charge in [-0.25, -0.2) is 4.98 Å². The monoisotopic (exact) mass is 346 g/mol. The zero-order chi connectivity index (χ0) is 17.5. The van der Waals surface area contributed by atoms with Gasteiger partial charge in [-0.3, -0.25) is 9.78 Å². The van der Waals surface area contributed by atoms with E-state index in [4.69, 9.17) is 4.74 Å². The first-order valence-electron chi connectivity index (χ1n) is 9.64. The Labute approximate surface area is 150 Å². The molecule has 6 nitrogen and oxygen atoms in total. The van der Waals surface area contributed by atoms with Crippen molar-refractivity contribution in [1.82, 2.24) is 15.3 Å². The van der Waals surface area contributed by atoms with Crippen LogP contribution in [-0.4, -0.2) is 48.2 Å². The number of anilines is 1. The lowest BCUT2D eigenvalue weighted by molar-refractivity contribution is -0.125. The van der Waals surface area contributed by atoms with Gasteiger partial charge in [-0.2, -0.15) is 0 Å². The lowest BCUT2D eigenvalue weighted by Crippen LogP contribution is -2.44. The van der Waals surface area contributed by atoms with Crippen molar-refractivity contribution in [2.24, 2.45) is 11.8 Å². The van der Waals surface area contributed by atoms with Crippen molar-refractivity contribution in [3.05, 3.63) is 18.6 Å². The highest BCUT2D eigenvalue weighted by Crippen LogP contribution is 2.26. The maximum absolute atomic E-state index is 12.5. The summed E-state index contributed by atoms with van der Waals surface area (Å²) in [5.74, 6) is 1.65. The topological polar surface area (TPSA) is 67.3 Å². The molecular formula is C19H30N4O2. The van der Waals surface area contributed by atoms with E-state index < -0.39 is 0 Å².